The molecular formula is C24H18N4O3. The summed E-state index contributed by atoms with van der Waals surface area (Å²) in [5, 5.41) is 8.60. The van der Waals surface area contributed by atoms with Crippen LogP contribution in [0.5, 0.6) is 0 Å². The van der Waals surface area contributed by atoms with Crippen LogP contribution in [0.15, 0.2) is 54.7 Å². The highest BCUT2D eigenvalue weighted by molar-refractivity contribution is 6.07. The van der Waals surface area contributed by atoms with Crippen molar-refractivity contribution >= 4 is 34.9 Å². The molecule has 7 nitrogen and oxygen atoms in total. The van der Waals surface area contributed by atoms with Crippen LogP contribution in [0.3, 0.4) is 0 Å². The van der Waals surface area contributed by atoms with Crippen molar-refractivity contribution in [3.05, 3.63) is 82.5 Å². The van der Waals surface area contributed by atoms with Crippen LogP contribution in [-0.4, -0.2) is 22.7 Å². The molecule has 31 heavy (non-hydrogen) atoms. The zero-order valence-corrected chi connectivity index (χ0v) is 16.5. The van der Waals surface area contributed by atoms with Crippen LogP contribution in [0.2, 0.25) is 0 Å². The highest BCUT2D eigenvalue weighted by Gasteiger charge is 2.51. The maximum atomic E-state index is 12.9. The average molecular weight is 410 g/mol. The molecule has 3 N–H and O–H groups in total. The Kier molecular flexibility index (Phi) is 3.59. The van der Waals surface area contributed by atoms with Crippen molar-refractivity contribution in [3.63, 3.8) is 0 Å². The van der Waals surface area contributed by atoms with E-state index in [-0.39, 0.29) is 17.7 Å². The number of rotatable bonds is 2. The predicted molar refractivity (Wildman–Crippen MR) is 115 cm³/mol. The van der Waals surface area contributed by atoms with Gasteiger partial charge in [-0.15, -0.1) is 0 Å². The minimum absolute atomic E-state index is 0.0373. The minimum atomic E-state index is -0.652. The van der Waals surface area contributed by atoms with Gasteiger partial charge in [0.2, 0.25) is 11.8 Å². The Balaban J connectivity index is 1.26. The van der Waals surface area contributed by atoms with Gasteiger partial charge in [0.15, 0.2) is 0 Å². The lowest BCUT2D eigenvalue weighted by Crippen LogP contribution is -2.35. The van der Waals surface area contributed by atoms with Gasteiger partial charge in [0.25, 0.3) is 5.91 Å². The summed E-state index contributed by atoms with van der Waals surface area (Å²) in [6, 6.07) is 14.8. The Morgan fingerprint density at radius 3 is 2.74 bits per heavy atom. The highest BCUT2D eigenvalue weighted by atomic mass is 16.2. The van der Waals surface area contributed by atoms with Gasteiger partial charge in [0.1, 0.15) is 5.82 Å². The van der Waals surface area contributed by atoms with E-state index in [4.69, 9.17) is 0 Å². The van der Waals surface area contributed by atoms with E-state index in [1.54, 1.807) is 24.4 Å². The highest BCUT2D eigenvalue weighted by Crippen LogP contribution is 2.46. The molecule has 3 heterocycles. The first-order valence-electron chi connectivity index (χ1n) is 10.1. The van der Waals surface area contributed by atoms with Gasteiger partial charge >= 0.3 is 0 Å². The number of fused-ring (bicyclic) bond motifs is 4. The van der Waals surface area contributed by atoms with Gasteiger partial charge in [-0.25, -0.2) is 4.98 Å². The van der Waals surface area contributed by atoms with Gasteiger partial charge in [0.05, 0.1) is 11.8 Å². The first-order valence-corrected chi connectivity index (χ1v) is 10.1. The molecule has 2 aliphatic heterocycles. The van der Waals surface area contributed by atoms with E-state index < -0.39 is 5.41 Å². The van der Waals surface area contributed by atoms with Crippen molar-refractivity contribution in [2.45, 2.75) is 24.7 Å². The van der Waals surface area contributed by atoms with E-state index in [0.717, 1.165) is 27.9 Å². The van der Waals surface area contributed by atoms with Gasteiger partial charge in [-0.05, 0) is 65.9 Å². The Labute approximate surface area is 177 Å². The molecule has 1 atom stereocenters. The van der Waals surface area contributed by atoms with Gasteiger partial charge in [-0.1, -0.05) is 12.1 Å². The largest absolute Gasteiger partial charge is 0.326 e. The monoisotopic (exact) mass is 410 g/mol. The van der Waals surface area contributed by atoms with Crippen LogP contribution in [0.25, 0.3) is 0 Å². The summed E-state index contributed by atoms with van der Waals surface area (Å²) in [6.45, 7) is 0. The second kappa shape index (κ2) is 6.25. The van der Waals surface area contributed by atoms with E-state index in [0.29, 0.717) is 36.3 Å². The number of nitrogens with one attached hydrogen (secondary N) is 3. The van der Waals surface area contributed by atoms with Crippen LogP contribution >= 0.6 is 0 Å². The Morgan fingerprint density at radius 2 is 1.84 bits per heavy atom. The van der Waals surface area contributed by atoms with Crippen molar-refractivity contribution in [1.29, 1.82) is 0 Å². The van der Waals surface area contributed by atoms with Crippen molar-refractivity contribution < 1.29 is 14.4 Å². The lowest BCUT2D eigenvalue weighted by molar-refractivity contribution is -0.120. The molecule has 3 aliphatic rings. The zero-order valence-electron chi connectivity index (χ0n) is 16.5. The third kappa shape index (κ3) is 2.66. The molecule has 0 saturated heterocycles. The molecular weight excluding hydrogens is 392 g/mol. The van der Waals surface area contributed by atoms with Crippen molar-refractivity contribution in [1.82, 2.24) is 4.98 Å². The molecule has 7 heteroatoms. The fraction of sp³-hybridized carbons (Fsp3) is 0.167. The van der Waals surface area contributed by atoms with Crippen LogP contribution in [0, 0.1) is 0 Å². The molecule has 6 rings (SSSR count). The summed E-state index contributed by atoms with van der Waals surface area (Å²) in [5.74, 6) is 0.324. The number of pyridine rings is 1. The Bertz CT molecular complexity index is 1320. The number of anilines is 3. The standard InChI is InChI=1S/C24H18N4O3/c29-20-10-15-9-17(5-6-19(15)27-20)26-22(30)13-3-4-14-11-24(12-16(14)8-13)18-2-1-7-25-21(18)28-23(24)31/h1-9H,10-12H2,(H,26,30)(H,27,29)(H,25,28,31). The number of nitrogens with zero attached hydrogens (tertiary/aromatic N) is 1. The number of benzene rings is 2. The van der Waals surface area contributed by atoms with E-state index in [1.165, 1.54) is 0 Å². The molecule has 1 aromatic heterocycles. The van der Waals surface area contributed by atoms with Gasteiger partial charge in [-0.3, -0.25) is 14.4 Å². The molecule has 3 amide bonds. The Hall–Kier alpha value is -4.00. The fourth-order valence-electron chi connectivity index (χ4n) is 4.92. The first-order chi connectivity index (χ1) is 15.0. The molecule has 1 unspecified atom stereocenters. The second-order valence-corrected chi connectivity index (χ2v) is 8.32. The molecule has 0 bridgehead atoms. The summed E-state index contributed by atoms with van der Waals surface area (Å²) in [6.07, 6.45) is 3.13. The van der Waals surface area contributed by atoms with E-state index in [9.17, 15) is 14.4 Å². The molecule has 152 valence electrons. The first kappa shape index (κ1) is 17.8. The Morgan fingerprint density at radius 1 is 0.968 bits per heavy atom. The van der Waals surface area contributed by atoms with Crippen LogP contribution < -0.4 is 16.0 Å². The number of aromatic nitrogens is 1. The predicted octanol–water partition coefficient (Wildman–Crippen LogP) is 2.82. The smallest absolute Gasteiger partial charge is 0.255 e. The number of carbonyl (C=O) groups is 3. The molecule has 0 radical (unpaired) electrons. The topological polar surface area (TPSA) is 100 Å². The van der Waals surface area contributed by atoms with Crippen molar-refractivity contribution in [2.75, 3.05) is 16.0 Å². The molecule has 3 aromatic rings. The molecule has 2 aromatic carbocycles. The summed E-state index contributed by atoms with van der Waals surface area (Å²) >= 11 is 0. The summed E-state index contributed by atoms with van der Waals surface area (Å²) in [5.41, 5.74) is 5.19. The number of amides is 3. The van der Waals surface area contributed by atoms with Crippen molar-refractivity contribution in [2.24, 2.45) is 0 Å². The third-order valence-electron chi connectivity index (χ3n) is 6.43. The fourth-order valence-corrected chi connectivity index (χ4v) is 4.92. The van der Waals surface area contributed by atoms with Crippen LogP contribution in [0.4, 0.5) is 17.2 Å². The third-order valence-corrected chi connectivity index (χ3v) is 6.43. The van der Waals surface area contributed by atoms with Gasteiger partial charge in [0, 0.05) is 28.7 Å². The second-order valence-electron chi connectivity index (χ2n) is 8.32. The normalized spacial score (nSPS) is 20.1. The average Bonchev–Trinajstić information content (AvgIpc) is 3.40. The molecule has 0 fully saturated rings. The lowest BCUT2D eigenvalue weighted by atomic mass is 9.79. The van der Waals surface area contributed by atoms with Gasteiger partial charge in [-0.2, -0.15) is 0 Å². The van der Waals surface area contributed by atoms with E-state index in [1.807, 2.05) is 30.3 Å². The van der Waals surface area contributed by atoms with Crippen LogP contribution in [-0.2, 0) is 34.3 Å². The lowest BCUT2D eigenvalue weighted by Gasteiger charge is -2.20. The van der Waals surface area contributed by atoms with Crippen LogP contribution in [0.1, 0.15) is 32.6 Å². The summed E-state index contributed by atoms with van der Waals surface area (Å²) < 4.78 is 0. The summed E-state index contributed by atoms with van der Waals surface area (Å²) in [7, 11) is 0. The maximum absolute atomic E-state index is 12.9. The van der Waals surface area contributed by atoms with E-state index >= 15 is 0 Å². The minimum Gasteiger partial charge on any atom is -0.326 e. The molecule has 1 spiro atoms. The number of carbonyl (C=O) groups excluding carboxylic acids is 3. The molecule has 1 aliphatic carbocycles. The number of hydrogen-bond acceptors (Lipinski definition) is 4. The summed E-state index contributed by atoms with van der Waals surface area (Å²) in [4.78, 5) is 41.5. The van der Waals surface area contributed by atoms with Crippen molar-refractivity contribution in [3.8, 4) is 0 Å². The van der Waals surface area contributed by atoms with Gasteiger partial charge < -0.3 is 16.0 Å². The SMILES string of the molecule is O=C1Cc2cc(NC(=O)c3ccc4c(c3)CC3(C4)C(=O)Nc4ncccc43)ccc2N1. The number of hydrogen-bond donors (Lipinski definition) is 3. The quantitative estimate of drug-likeness (QED) is 0.605. The maximum Gasteiger partial charge on any atom is 0.255 e. The molecule has 0 saturated carbocycles. The zero-order chi connectivity index (χ0) is 21.2. The van der Waals surface area contributed by atoms with E-state index in [2.05, 4.69) is 20.9 Å².